The molecule has 0 aliphatic carbocycles. The summed E-state index contributed by atoms with van der Waals surface area (Å²) in [6, 6.07) is 1.89. The molecule has 3 N–H and O–H groups in total. The lowest BCUT2D eigenvalue weighted by Gasteiger charge is -2.38. The summed E-state index contributed by atoms with van der Waals surface area (Å²) >= 11 is 0. The topological polar surface area (TPSA) is 92.4 Å². The Morgan fingerprint density at radius 1 is 1.18 bits per heavy atom. The number of aliphatic hydroxyl groups is 1. The van der Waals surface area contributed by atoms with Gasteiger partial charge >= 0.3 is 6.18 Å². The van der Waals surface area contributed by atoms with Gasteiger partial charge in [0.25, 0.3) is 0 Å². The Morgan fingerprint density at radius 3 is 2.52 bits per heavy atom. The van der Waals surface area contributed by atoms with E-state index in [9.17, 15) is 32.2 Å². The van der Waals surface area contributed by atoms with Crippen LogP contribution in [0.4, 0.5) is 27.8 Å². The maximum atomic E-state index is 14.6. The van der Waals surface area contributed by atoms with Crippen molar-refractivity contribution in [3.05, 3.63) is 35.5 Å². The van der Waals surface area contributed by atoms with E-state index < -0.39 is 40.2 Å². The number of phenolic OH excluding ortho intramolecular Hbond substituents is 1. The fraction of sp³-hybridized carbons (Fsp3) is 0.429. The van der Waals surface area contributed by atoms with Gasteiger partial charge in [0, 0.05) is 55.6 Å². The molecular formula is C21H21F5N4O3. The Kier molecular flexibility index (Phi) is 5.91. The van der Waals surface area contributed by atoms with Crippen LogP contribution in [0.3, 0.4) is 0 Å². The fourth-order valence-corrected chi connectivity index (χ4v) is 4.11. The van der Waals surface area contributed by atoms with Crippen LogP contribution in [-0.4, -0.2) is 50.3 Å². The normalized spacial score (nSPS) is 16.3. The third-order valence-corrected chi connectivity index (χ3v) is 5.91. The molecule has 0 spiro atoms. The van der Waals surface area contributed by atoms with Crippen molar-refractivity contribution in [3.63, 3.8) is 0 Å². The second-order valence-corrected chi connectivity index (χ2v) is 8.00. The molecule has 33 heavy (non-hydrogen) atoms. The van der Waals surface area contributed by atoms with Gasteiger partial charge in [0.2, 0.25) is 0 Å². The lowest BCUT2D eigenvalue weighted by molar-refractivity contribution is -0.140. The van der Waals surface area contributed by atoms with Gasteiger partial charge in [-0.15, -0.1) is 0 Å². The molecule has 1 fully saturated rings. The number of nitrogens with one attached hydrogen (secondary N) is 1. The molecular weight excluding hydrogens is 451 g/mol. The highest BCUT2D eigenvalue weighted by molar-refractivity contribution is 5.94. The minimum atomic E-state index is -5.14. The highest BCUT2D eigenvalue weighted by Gasteiger charge is 2.38. The molecule has 3 heterocycles. The molecule has 0 unspecified atom stereocenters. The first-order valence-electron chi connectivity index (χ1n) is 10.1. The molecule has 1 aromatic carbocycles. The van der Waals surface area contributed by atoms with Crippen LogP contribution in [0.5, 0.6) is 5.75 Å². The van der Waals surface area contributed by atoms with Crippen molar-refractivity contribution >= 4 is 16.7 Å². The summed E-state index contributed by atoms with van der Waals surface area (Å²) in [5.74, 6) is -4.92. The Labute approximate surface area is 184 Å². The van der Waals surface area contributed by atoms with Gasteiger partial charge in [0.1, 0.15) is 11.5 Å². The van der Waals surface area contributed by atoms with E-state index in [1.165, 1.54) is 17.9 Å². The molecule has 3 aromatic rings. The van der Waals surface area contributed by atoms with Crippen LogP contribution in [0, 0.1) is 11.6 Å². The minimum absolute atomic E-state index is 0.0417. The van der Waals surface area contributed by atoms with Crippen molar-refractivity contribution in [2.24, 2.45) is 7.05 Å². The average Bonchev–Trinajstić information content (AvgIpc) is 3.08. The summed E-state index contributed by atoms with van der Waals surface area (Å²) in [5.41, 5.74) is -2.74. The number of phenols is 1. The van der Waals surface area contributed by atoms with Gasteiger partial charge in [-0.05, 0) is 25.3 Å². The number of fused-ring (bicyclic) bond motifs is 1. The number of pyridine rings is 1. The van der Waals surface area contributed by atoms with Gasteiger partial charge in [0.15, 0.2) is 17.4 Å². The monoisotopic (exact) mass is 472 g/mol. The van der Waals surface area contributed by atoms with Gasteiger partial charge in [-0.25, -0.2) is 13.8 Å². The molecule has 2 aromatic heterocycles. The Bertz CT molecular complexity index is 1180. The number of rotatable bonds is 5. The molecule has 0 amide bonds. The number of aryl methyl sites for hydroxylation is 1. The van der Waals surface area contributed by atoms with E-state index in [0.29, 0.717) is 43.8 Å². The lowest BCUT2D eigenvalue weighted by atomic mass is 9.87. The number of nitrogens with zero attached hydrogens (tertiary/aromatic N) is 3. The number of ether oxygens (including phenoxy) is 1. The Hall–Kier alpha value is -2.99. The number of anilines is 1. The fourth-order valence-electron chi connectivity index (χ4n) is 4.11. The number of aliphatic hydroxyl groups excluding tert-OH is 1. The van der Waals surface area contributed by atoms with Crippen LogP contribution in [0.15, 0.2) is 18.3 Å². The zero-order valence-corrected chi connectivity index (χ0v) is 17.5. The van der Waals surface area contributed by atoms with E-state index in [-0.39, 0.29) is 23.8 Å². The molecule has 0 bridgehead atoms. The van der Waals surface area contributed by atoms with Crippen LogP contribution >= 0.6 is 0 Å². The number of aromatic nitrogens is 3. The summed E-state index contributed by atoms with van der Waals surface area (Å²) in [4.78, 5) is 4.30. The van der Waals surface area contributed by atoms with Crippen LogP contribution in [0.2, 0.25) is 0 Å². The van der Waals surface area contributed by atoms with Crippen molar-refractivity contribution in [2.75, 3.05) is 25.1 Å². The first kappa shape index (κ1) is 23.2. The van der Waals surface area contributed by atoms with E-state index in [0.717, 1.165) is 0 Å². The minimum Gasteiger partial charge on any atom is -0.503 e. The van der Waals surface area contributed by atoms with Crippen molar-refractivity contribution < 1.29 is 36.9 Å². The molecule has 0 saturated carbocycles. The Morgan fingerprint density at radius 2 is 1.88 bits per heavy atom. The zero-order chi connectivity index (χ0) is 24.0. The largest absolute Gasteiger partial charge is 0.503 e. The highest BCUT2D eigenvalue weighted by atomic mass is 19.4. The van der Waals surface area contributed by atoms with Crippen molar-refractivity contribution in [1.29, 1.82) is 0 Å². The van der Waals surface area contributed by atoms with E-state index in [1.54, 1.807) is 6.07 Å². The SMILES string of the molecule is Cn1nc(-c2cc(C(F)(F)F)c(F)c(O)c2F)c2cnc(NC3(CCO)CCOCC3)cc21. The van der Waals surface area contributed by atoms with Crippen LogP contribution in [-0.2, 0) is 18.0 Å². The molecule has 0 radical (unpaired) electrons. The highest BCUT2D eigenvalue weighted by Crippen LogP contribution is 2.41. The summed E-state index contributed by atoms with van der Waals surface area (Å²) in [6.45, 7) is 0.986. The average molecular weight is 472 g/mol. The Balaban J connectivity index is 1.79. The molecule has 1 aliphatic heterocycles. The third kappa shape index (κ3) is 4.20. The van der Waals surface area contributed by atoms with Crippen LogP contribution < -0.4 is 5.32 Å². The predicted octanol–water partition coefficient (Wildman–Crippen LogP) is 3.98. The quantitative estimate of drug-likeness (QED) is 0.487. The standard InChI is InChI=1S/C21H21F5N4O3/c1-30-14-9-15(28-20(2-5-31)3-6-33-7-4-20)27-10-12(14)18(29-30)11-8-13(21(24,25)26)17(23)19(32)16(11)22/h8-10,31-32H,2-7H2,1H3,(H,27,28). The predicted molar refractivity (Wildman–Crippen MR) is 109 cm³/mol. The number of hydrogen-bond acceptors (Lipinski definition) is 6. The first-order valence-corrected chi connectivity index (χ1v) is 10.1. The van der Waals surface area contributed by atoms with Crippen molar-refractivity contribution in [1.82, 2.24) is 14.8 Å². The molecule has 7 nitrogen and oxygen atoms in total. The van der Waals surface area contributed by atoms with Gasteiger partial charge in [0.05, 0.1) is 11.1 Å². The smallest absolute Gasteiger partial charge is 0.419 e. The number of benzene rings is 1. The summed E-state index contributed by atoms with van der Waals surface area (Å²) in [6.07, 6.45) is -2.07. The van der Waals surface area contributed by atoms with E-state index in [4.69, 9.17) is 4.74 Å². The molecule has 1 aliphatic rings. The third-order valence-electron chi connectivity index (χ3n) is 5.91. The number of hydrogen-bond donors (Lipinski definition) is 3. The van der Waals surface area contributed by atoms with Gasteiger partial charge in [-0.3, -0.25) is 4.68 Å². The van der Waals surface area contributed by atoms with Crippen LogP contribution in [0.25, 0.3) is 22.2 Å². The van der Waals surface area contributed by atoms with E-state index in [2.05, 4.69) is 15.4 Å². The molecule has 1 saturated heterocycles. The second-order valence-electron chi connectivity index (χ2n) is 8.00. The summed E-state index contributed by atoms with van der Waals surface area (Å²) < 4.78 is 74.8. The maximum Gasteiger partial charge on any atom is 0.419 e. The first-order chi connectivity index (χ1) is 15.6. The lowest BCUT2D eigenvalue weighted by Crippen LogP contribution is -2.44. The van der Waals surface area contributed by atoms with Crippen LogP contribution in [0.1, 0.15) is 24.8 Å². The van der Waals surface area contributed by atoms with Crippen molar-refractivity contribution in [2.45, 2.75) is 31.0 Å². The summed E-state index contributed by atoms with van der Waals surface area (Å²) in [7, 11) is 1.51. The van der Waals surface area contributed by atoms with Gasteiger partial charge in [-0.2, -0.15) is 18.3 Å². The molecule has 12 heteroatoms. The van der Waals surface area contributed by atoms with E-state index >= 15 is 0 Å². The molecule has 4 rings (SSSR count). The van der Waals surface area contributed by atoms with Gasteiger partial charge < -0.3 is 20.3 Å². The number of halogens is 5. The number of alkyl halides is 3. The van der Waals surface area contributed by atoms with Crippen molar-refractivity contribution in [3.8, 4) is 17.0 Å². The van der Waals surface area contributed by atoms with Gasteiger partial charge in [-0.1, -0.05) is 0 Å². The molecule has 0 atom stereocenters. The second kappa shape index (κ2) is 8.41. The molecule has 178 valence electrons. The maximum absolute atomic E-state index is 14.6. The number of aromatic hydroxyl groups is 1. The summed E-state index contributed by atoms with van der Waals surface area (Å²) in [5, 5.41) is 26.7. The van der Waals surface area contributed by atoms with E-state index in [1.807, 2.05) is 0 Å². The zero-order valence-electron chi connectivity index (χ0n) is 17.5.